The summed E-state index contributed by atoms with van der Waals surface area (Å²) in [7, 11) is 0. The fraction of sp³-hybridized carbons (Fsp3) is 0.462. The van der Waals surface area contributed by atoms with Gasteiger partial charge in [0, 0.05) is 18.3 Å². The van der Waals surface area contributed by atoms with Crippen LogP contribution in [-0.4, -0.2) is 19.7 Å². The molecule has 0 aromatic carbocycles. The molecular formula is C13H18N4O. The minimum absolute atomic E-state index is 0.0694. The second kappa shape index (κ2) is 5.16. The molecule has 5 nitrogen and oxygen atoms in total. The van der Waals surface area contributed by atoms with Gasteiger partial charge in [-0.05, 0) is 19.8 Å². The van der Waals surface area contributed by atoms with Crippen molar-refractivity contribution in [3.05, 3.63) is 34.0 Å². The predicted octanol–water partition coefficient (Wildman–Crippen LogP) is 1.91. The molecule has 1 N–H and O–H groups in total. The molecule has 2 heterocycles. The lowest BCUT2D eigenvalue weighted by Crippen LogP contribution is -2.15. The first kappa shape index (κ1) is 12.5. The van der Waals surface area contributed by atoms with Crippen molar-refractivity contribution in [2.75, 3.05) is 0 Å². The Kier molecular flexibility index (Phi) is 3.60. The molecule has 0 bridgehead atoms. The zero-order valence-electron chi connectivity index (χ0n) is 11.0. The molecule has 0 radical (unpaired) electrons. The van der Waals surface area contributed by atoms with Crippen molar-refractivity contribution in [2.24, 2.45) is 0 Å². The summed E-state index contributed by atoms with van der Waals surface area (Å²) in [6, 6.07) is 0. The first-order chi connectivity index (χ1) is 8.65. The average Bonchev–Trinajstić information content (AvgIpc) is 2.81. The molecule has 0 fully saturated rings. The lowest BCUT2D eigenvalue weighted by atomic mass is 10.2. The van der Waals surface area contributed by atoms with Crippen LogP contribution in [0.3, 0.4) is 0 Å². The van der Waals surface area contributed by atoms with Crippen molar-refractivity contribution >= 4 is 0 Å². The van der Waals surface area contributed by atoms with Gasteiger partial charge < -0.3 is 4.98 Å². The summed E-state index contributed by atoms with van der Waals surface area (Å²) in [5, 5.41) is 4.24. The number of rotatable bonds is 4. The van der Waals surface area contributed by atoms with E-state index in [2.05, 4.69) is 22.0 Å². The Hall–Kier alpha value is -1.91. The molecule has 18 heavy (non-hydrogen) atoms. The second-order valence-corrected chi connectivity index (χ2v) is 4.33. The highest BCUT2D eigenvalue weighted by Crippen LogP contribution is 2.14. The summed E-state index contributed by atoms with van der Waals surface area (Å²) in [6.07, 6.45) is 5.43. The van der Waals surface area contributed by atoms with Crippen LogP contribution >= 0.6 is 0 Å². The second-order valence-electron chi connectivity index (χ2n) is 4.33. The molecule has 0 aliphatic heterocycles. The van der Waals surface area contributed by atoms with Crippen LogP contribution in [0.1, 0.15) is 31.5 Å². The van der Waals surface area contributed by atoms with E-state index in [0.29, 0.717) is 11.4 Å². The third-order valence-corrected chi connectivity index (χ3v) is 2.95. The number of nitrogens with one attached hydrogen (secondary N) is 1. The van der Waals surface area contributed by atoms with Crippen LogP contribution in [-0.2, 0) is 13.0 Å². The number of aromatic amines is 1. The molecule has 0 aliphatic rings. The van der Waals surface area contributed by atoms with Crippen molar-refractivity contribution in [1.82, 2.24) is 19.7 Å². The van der Waals surface area contributed by atoms with Crippen LogP contribution in [0.5, 0.6) is 0 Å². The summed E-state index contributed by atoms with van der Waals surface area (Å²) < 4.78 is 1.86. The third-order valence-electron chi connectivity index (χ3n) is 2.95. The molecule has 0 spiro atoms. The van der Waals surface area contributed by atoms with Gasteiger partial charge in [-0.3, -0.25) is 9.48 Å². The van der Waals surface area contributed by atoms with E-state index in [9.17, 15) is 4.79 Å². The maximum Gasteiger partial charge on any atom is 0.254 e. The lowest BCUT2D eigenvalue weighted by Gasteiger charge is -2.03. The Bertz CT molecular complexity index is 597. The highest BCUT2D eigenvalue weighted by Gasteiger charge is 2.09. The van der Waals surface area contributed by atoms with Gasteiger partial charge in [-0.25, -0.2) is 4.98 Å². The van der Waals surface area contributed by atoms with E-state index in [1.54, 1.807) is 13.1 Å². The molecular weight excluding hydrogens is 228 g/mol. The van der Waals surface area contributed by atoms with Crippen LogP contribution in [0, 0.1) is 6.92 Å². The quantitative estimate of drug-likeness (QED) is 0.896. The lowest BCUT2D eigenvalue weighted by molar-refractivity contribution is 0.603. The zero-order chi connectivity index (χ0) is 13.1. The fourth-order valence-electron chi connectivity index (χ4n) is 1.90. The SMILES string of the molecule is CCCn1cc(-c2nc(CC)c(C)c(=O)[nH]2)cn1. The number of aryl methyl sites for hydroxylation is 2. The molecule has 0 unspecified atom stereocenters. The molecule has 0 atom stereocenters. The average molecular weight is 246 g/mol. The number of hydrogen-bond donors (Lipinski definition) is 1. The van der Waals surface area contributed by atoms with Gasteiger partial charge in [0.25, 0.3) is 5.56 Å². The van der Waals surface area contributed by atoms with Crippen LogP contribution in [0.4, 0.5) is 0 Å². The summed E-state index contributed by atoms with van der Waals surface area (Å²) in [5.74, 6) is 0.602. The van der Waals surface area contributed by atoms with Crippen LogP contribution < -0.4 is 5.56 Å². The van der Waals surface area contributed by atoms with Crippen molar-refractivity contribution in [1.29, 1.82) is 0 Å². The molecule has 0 aliphatic carbocycles. The van der Waals surface area contributed by atoms with E-state index in [4.69, 9.17) is 0 Å². The number of hydrogen-bond acceptors (Lipinski definition) is 3. The molecule has 96 valence electrons. The van der Waals surface area contributed by atoms with E-state index >= 15 is 0 Å². The van der Waals surface area contributed by atoms with E-state index in [1.165, 1.54) is 0 Å². The molecule has 5 heteroatoms. The summed E-state index contributed by atoms with van der Waals surface area (Å²) in [4.78, 5) is 19.1. The topological polar surface area (TPSA) is 63.6 Å². The van der Waals surface area contributed by atoms with Crippen molar-refractivity contribution < 1.29 is 0 Å². The van der Waals surface area contributed by atoms with Gasteiger partial charge in [-0.15, -0.1) is 0 Å². The molecule has 2 aromatic rings. The normalized spacial score (nSPS) is 10.8. The van der Waals surface area contributed by atoms with Crippen LogP contribution in [0.15, 0.2) is 17.2 Å². The highest BCUT2D eigenvalue weighted by molar-refractivity contribution is 5.52. The van der Waals surface area contributed by atoms with Gasteiger partial charge in [-0.1, -0.05) is 13.8 Å². The first-order valence-corrected chi connectivity index (χ1v) is 6.28. The van der Waals surface area contributed by atoms with Crippen molar-refractivity contribution in [2.45, 2.75) is 40.2 Å². The van der Waals surface area contributed by atoms with Crippen molar-refractivity contribution in [3.8, 4) is 11.4 Å². The summed E-state index contributed by atoms with van der Waals surface area (Å²) in [5.41, 5.74) is 2.33. The van der Waals surface area contributed by atoms with Gasteiger partial charge in [0.15, 0.2) is 0 Å². The Labute approximate surface area is 106 Å². The fourth-order valence-corrected chi connectivity index (χ4v) is 1.90. The van der Waals surface area contributed by atoms with E-state index in [1.807, 2.05) is 17.8 Å². The van der Waals surface area contributed by atoms with Gasteiger partial charge in [0.05, 0.1) is 17.5 Å². The van der Waals surface area contributed by atoms with Crippen LogP contribution in [0.25, 0.3) is 11.4 Å². The molecule has 0 amide bonds. The third kappa shape index (κ3) is 2.34. The molecule has 2 aromatic heterocycles. The Morgan fingerprint density at radius 1 is 1.39 bits per heavy atom. The zero-order valence-corrected chi connectivity index (χ0v) is 11.0. The maximum atomic E-state index is 11.8. The maximum absolute atomic E-state index is 11.8. The van der Waals surface area contributed by atoms with Gasteiger partial charge >= 0.3 is 0 Å². The number of nitrogens with zero attached hydrogens (tertiary/aromatic N) is 3. The Morgan fingerprint density at radius 2 is 2.17 bits per heavy atom. The first-order valence-electron chi connectivity index (χ1n) is 6.28. The Balaban J connectivity index is 2.43. The van der Waals surface area contributed by atoms with Gasteiger partial charge in [0.2, 0.25) is 0 Å². The standard InChI is InChI=1S/C13H18N4O/c1-4-6-17-8-10(7-14-17)12-15-11(5-2)9(3)13(18)16-12/h7-8H,4-6H2,1-3H3,(H,15,16,18). The highest BCUT2D eigenvalue weighted by atomic mass is 16.1. The van der Waals surface area contributed by atoms with Crippen LogP contribution in [0.2, 0.25) is 0 Å². The predicted molar refractivity (Wildman–Crippen MR) is 70.5 cm³/mol. The largest absolute Gasteiger partial charge is 0.306 e. The molecule has 2 rings (SSSR count). The monoisotopic (exact) mass is 246 g/mol. The van der Waals surface area contributed by atoms with Gasteiger partial charge in [0.1, 0.15) is 5.82 Å². The smallest absolute Gasteiger partial charge is 0.254 e. The summed E-state index contributed by atoms with van der Waals surface area (Å²) in [6.45, 7) is 6.77. The molecule has 0 saturated heterocycles. The van der Waals surface area contributed by atoms with E-state index in [-0.39, 0.29) is 5.56 Å². The summed E-state index contributed by atoms with van der Waals surface area (Å²) >= 11 is 0. The van der Waals surface area contributed by atoms with Crippen molar-refractivity contribution in [3.63, 3.8) is 0 Å². The van der Waals surface area contributed by atoms with Gasteiger partial charge in [-0.2, -0.15) is 5.10 Å². The molecule has 0 saturated carbocycles. The number of aromatic nitrogens is 4. The van der Waals surface area contributed by atoms with E-state index in [0.717, 1.165) is 30.6 Å². The Morgan fingerprint density at radius 3 is 2.83 bits per heavy atom. The minimum Gasteiger partial charge on any atom is -0.306 e. The minimum atomic E-state index is -0.0694. The van der Waals surface area contributed by atoms with E-state index < -0.39 is 0 Å². The number of H-pyrrole nitrogens is 1.